The van der Waals surface area contributed by atoms with Crippen LogP contribution < -0.4 is 5.32 Å². The zero-order chi connectivity index (χ0) is 13.7. The summed E-state index contributed by atoms with van der Waals surface area (Å²) in [5.74, 6) is 1.26. The molecule has 1 saturated heterocycles. The van der Waals surface area contributed by atoms with Crippen molar-refractivity contribution < 1.29 is 9.90 Å². The Balaban J connectivity index is 1.70. The summed E-state index contributed by atoms with van der Waals surface area (Å²) in [6.07, 6.45) is 7.94. The van der Waals surface area contributed by atoms with Crippen LogP contribution >= 0.6 is 0 Å². The second-order valence-corrected chi connectivity index (χ2v) is 6.19. The van der Waals surface area contributed by atoms with Gasteiger partial charge in [-0.25, -0.2) is 4.79 Å². The van der Waals surface area contributed by atoms with Gasteiger partial charge in [-0.2, -0.15) is 0 Å². The molecule has 2 fully saturated rings. The van der Waals surface area contributed by atoms with Crippen molar-refractivity contribution in [2.24, 2.45) is 11.8 Å². The maximum Gasteiger partial charge on any atom is 0.317 e. The third-order valence-electron chi connectivity index (χ3n) is 4.91. The lowest BCUT2D eigenvalue weighted by Crippen LogP contribution is -2.48. The van der Waals surface area contributed by atoms with Gasteiger partial charge >= 0.3 is 6.03 Å². The molecule has 0 aromatic rings. The number of likely N-dealkylation sites (tertiary alicyclic amines) is 1. The number of aliphatic hydroxyl groups is 1. The van der Waals surface area contributed by atoms with E-state index in [1.807, 2.05) is 4.90 Å². The first-order valence-electron chi connectivity index (χ1n) is 7.89. The molecule has 2 aliphatic rings. The van der Waals surface area contributed by atoms with Crippen LogP contribution in [0.25, 0.3) is 0 Å². The van der Waals surface area contributed by atoms with Gasteiger partial charge < -0.3 is 15.3 Å². The fourth-order valence-electron chi connectivity index (χ4n) is 3.30. The Kier molecular flexibility index (Phi) is 5.49. The second-order valence-electron chi connectivity index (χ2n) is 6.19. The van der Waals surface area contributed by atoms with Crippen LogP contribution in [0.4, 0.5) is 4.79 Å². The predicted octanol–water partition coefficient (Wildman–Crippen LogP) is 2.37. The lowest BCUT2D eigenvalue weighted by molar-refractivity contribution is 0.133. The van der Waals surface area contributed by atoms with Crippen molar-refractivity contribution in [2.45, 2.75) is 57.9 Å². The SMILES string of the molecule is CCC1CCC(NC(=O)N2CCC(CO)CC2)CC1. The molecule has 0 bridgehead atoms. The van der Waals surface area contributed by atoms with Gasteiger partial charge in [0.05, 0.1) is 0 Å². The van der Waals surface area contributed by atoms with Gasteiger partial charge in [0.25, 0.3) is 0 Å². The van der Waals surface area contributed by atoms with Crippen LogP contribution in [0.5, 0.6) is 0 Å². The highest BCUT2D eigenvalue weighted by Crippen LogP contribution is 2.26. The zero-order valence-corrected chi connectivity index (χ0v) is 12.1. The number of nitrogens with zero attached hydrogens (tertiary/aromatic N) is 1. The average molecular weight is 268 g/mol. The Bertz CT molecular complexity index is 280. The largest absolute Gasteiger partial charge is 0.396 e. The fraction of sp³-hybridized carbons (Fsp3) is 0.933. The van der Waals surface area contributed by atoms with Gasteiger partial charge in [-0.3, -0.25) is 0 Å². The summed E-state index contributed by atoms with van der Waals surface area (Å²) >= 11 is 0. The summed E-state index contributed by atoms with van der Waals surface area (Å²) in [4.78, 5) is 14.1. The number of nitrogens with one attached hydrogen (secondary N) is 1. The fourth-order valence-corrected chi connectivity index (χ4v) is 3.30. The summed E-state index contributed by atoms with van der Waals surface area (Å²) in [6, 6.07) is 0.488. The topological polar surface area (TPSA) is 52.6 Å². The second kappa shape index (κ2) is 7.13. The van der Waals surface area contributed by atoms with Gasteiger partial charge in [0.15, 0.2) is 0 Å². The van der Waals surface area contributed by atoms with Gasteiger partial charge in [0, 0.05) is 25.7 Å². The average Bonchev–Trinajstić information content (AvgIpc) is 2.48. The highest BCUT2D eigenvalue weighted by atomic mass is 16.3. The summed E-state index contributed by atoms with van der Waals surface area (Å²) in [7, 11) is 0. The monoisotopic (exact) mass is 268 g/mol. The number of rotatable bonds is 3. The molecule has 0 atom stereocenters. The van der Waals surface area contributed by atoms with Gasteiger partial charge in [-0.05, 0) is 50.4 Å². The lowest BCUT2D eigenvalue weighted by atomic mass is 9.84. The highest BCUT2D eigenvalue weighted by molar-refractivity contribution is 5.74. The molecule has 0 spiro atoms. The van der Waals surface area contributed by atoms with E-state index >= 15 is 0 Å². The Hall–Kier alpha value is -0.770. The third kappa shape index (κ3) is 4.10. The van der Waals surface area contributed by atoms with Crippen LogP contribution in [0.2, 0.25) is 0 Å². The normalized spacial score (nSPS) is 29.3. The van der Waals surface area contributed by atoms with E-state index in [-0.39, 0.29) is 12.6 Å². The molecule has 0 aromatic carbocycles. The summed E-state index contributed by atoms with van der Waals surface area (Å²) < 4.78 is 0. The first-order valence-corrected chi connectivity index (χ1v) is 7.89. The summed E-state index contributed by atoms with van der Waals surface area (Å²) in [5, 5.41) is 12.3. The predicted molar refractivity (Wildman–Crippen MR) is 76.0 cm³/mol. The Morgan fingerprint density at radius 1 is 1.11 bits per heavy atom. The molecule has 19 heavy (non-hydrogen) atoms. The number of amides is 2. The third-order valence-corrected chi connectivity index (χ3v) is 4.91. The molecule has 0 unspecified atom stereocenters. The number of urea groups is 1. The van der Waals surface area contributed by atoms with Crippen LogP contribution in [0.3, 0.4) is 0 Å². The molecule has 1 aliphatic carbocycles. The van der Waals surface area contributed by atoms with Gasteiger partial charge in [-0.15, -0.1) is 0 Å². The van der Waals surface area contributed by atoms with E-state index in [0.29, 0.717) is 12.0 Å². The maximum atomic E-state index is 12.2. The van der Waals surface area contributed by atoms with Gasteiger partial charge in [0.2, 0.25) is 0 Å². The van der Waals surface area contributed by atoms with E-state index in [2.05, 4.69) is 12.2 Å². The first-order chi connectivity index (χ1) is 9.22. The van der Waals surface area contributed by atoms with E-state index < -0.39 is 0 Å². The number of piperidine rings is 1. The number of hydrogen-bond donors (Lipinski definition) is 2. The van der Waals surface area contributed by atoms with Crippen molar-refractivity contribution in [1.29, 1.82) is 0 Å². The minimum absolute atomic E-state index is 0.108. The molecule has 4 heteroatoms. The minimum atomic E-state index is 0.108. The van der Waals surface area contributed by atoms with E-state index in [4.69, 9.17) is 5.11 Å². The van der Waals surface area contributed by atoms with Crippen LogP contribution in [-0.2, 0) is 0 Å². The highest BCUT2D eigenvalue weighted by Gasteiger charge is 2.26. The molecule has 0 aromatic heterocycles. The number of carbonyl (C=O) groups excluding carboxylic acids is 1. The molecular weight excluding hydrogens is 240 g/mol. The number of aliphatic hydroxyl groups excluding tert-OH is 1. The summed E-state index contributed by atoms with van der Waals surface area (Å²) in [6.45, 7) is 4.11. The van der Waals surface area contributed by atoms with E-state index in [9.17, 15) is 4.79 Å². The van der Waals surface area contributed by atoms with Crippen molar-refractivity contribution in [2.75, 3.05) is 19.7 Å². The quantitative estimate of drug-likeness (QED) is 0.825. The van der Waals surface area contributed by atoms with Crippen LogP contribution in [0.15, 0.2) is 0 Å². The molecule has 1 heterocycles. The van der Waals surface area contributed by atoms with E-state index in [1.54, 1.807) is 0 Å². The van der Waals surface area contributed by atoms with Crippen LogP contribution in [0, 0.1) is 11.8 Å². The van der Waals surface area contributed by atoms with Crippen molar-refractivity contribution in [3.05, 3.63) is 0 Å². The zero-order valence-electron chi connectivity index (χ0n) is 12.1. The van der Waals surface area contributed by atoms with Crippen molar-refractivity contribution in [3.8, 4) is 0 Å². The van der Waals surface area contributed by atoms with Crippen molar-refractivity contribution in [3.63, 3.8) is 0 Å². The Morgan fingerprint density at radius 2 is 1.74 bits per heavy atom. The van der Waals surface area contributed by atoms with E-state index in [1.165, 1.54) is 19.3 Å². The van der Waals surface area contributed by atoms with Crippen molar-refractivity contribution in [1.82, 2.24) is 10.2 Å². The molecule has 2 amide bonds. The molecule has 4 nitrogen and oxygen atoms in total. The maximum absolute atomic E-state index is 12.2. The van der Waals surface area contributed by atoms with Crippen LogP contribution in [0.1, 0.15) is 51.9 Å². The summed E-state index contributed by atoms with van der Waals surface area (Å²) in [5.41, 5.74) is 0. The molecule has 0 radical (unpaired) electrons. The Morgan fingerprint density at radius 3 is 2.26 bits per heavy atom. The van der Waals surface area contributed by atoms with E-state index in [0.717, 1.165) is 44.7 Å². The number of hydrogen-bond acceptors (Lipinski definition) is 2. The first kappa shape index (κ1) is 14.6. The van der Waals surface area contributed by atoms with Crippen molar-refractivity contribution >= 4 is 6.03 Å². The molecular formula is C15H28N2O2. The molecule has 110 valence electrons. The smallest absolute Gasteiger partial charge is 0.317 e. The Labute approximate surface area is 116 Å². The van der Waals surface area contributed by atoms with Gasteiger partial charge in [0.1, 0.15) is 0 Å². The minimum Gasteiger partial charge on any atom is -0.396 e. The molecule has 2 rings (SSSR count). The molecule has 2 N–H and O–H groups in total. The number of carbonyl (C=O) groups is 1. The molecule has 1 saturated carbocycles. The standard InChI is InChI=1S/C15H28N2O2/c1-2-12-3-5-14(6-4-12)16-15(19)17-9-7-13(11-18)8-10-17/h12-14,18H,2-11H2,1H3,(H,16,19). The van der Waals surface area contributed by atoms with Crippen LogP contribution in [-0.4, -0.2) is 41.8 Å². The molecule has 1 aliphatic heterocycles. The van der Waals surface area contributed by atoms with Gasteiger partial charge in [-0.1, -0.05) is 13.3 Å². The lowest BCUT2D eigenvalue weighted by Gasteiger charge is -2.34.